The monoisotopic (exact) mass is 254 g/mol. The third-order valence-corrected chi connectivity index (χ3v) is 3.16. The summed E-state index contributed by atoms with van der Waals surface area (Å²) < 4.78 is 23.5. The molecule has 18 heavy (non-hydrogen) atoms. The van der Waals surface area contributed by atoms with E-state index in [4.69, 9.17) is 14.6 Å². The largest absolute Gasteiger partial charge is 0.493 e. The zero-order valence-corrected chi connectivity index (χ0v) is 10.5. The molecule has 0 spiro atoms. The molecule has 1 fully saturated rings. The number of aliphatic hydroxyl groups is 1. The lowest BCUT2D eigenvalue weighted by molar-refractivity contribution is 0.236. The highest BCUT2D eigenvalue weighted by Gasteiger charge is 2.37. The van der Waals surface area contributed by atoms with E-state index in [9.17, 15) is 4.39 Å². The molecule has 4 heteroatoms. The van der Waals surface area contributed by atoms with Crippen molar-refractivity contribution in [2.24, 2.45) is 5.92 Å². The maximum atomic E-state index is 12.7. The molecule has 0 saturated carbocycles. The Balaban J connectivity index is 1.62. The maximum Gasteiger partial charge on any atom is 0.123 e. The Morgan fingerprint density at radius 3 is 2.67 bits per heavy atom. The van der Waals surface area contributed by atoms with Crippen LogP contribution in [0.25, 0.3) is 0 Å². The van der Waals surface area contributed by atoms with Gasteiger partial charge >= 0.3 is 0 Å². The summed E-state index contributed by atoms with van der Waals surface area (Å²) in [4.78, 5) is 0. The van der Waals surface area contributed by atoms with Crippen LogP contribution in [0.4, 0.5) is 4.39 Å². The van der Waals surface area contributed by atoms with E-state index in [1.54, 1.807) is 12.1 Å². The van der Waals surface area contributed by atoms with Gasteiger partial charge in [-0.05, 0) is 43.0 Å². The molecule has 1 N–H and O–H groups in total. The number of rotatable bonds is 7. The predicted octanol–water partition coefficient (Wildman–Crippen LogP) is 2.38. The minimum atomic E-state index is -0.253. The molecule has 0 bridgehead atoms. The molecule has 1 saturated heterocycles. The molecule has 3 nitrogen and oxygen atoms in total. The van der Waals surface area contributed by atoms with E-state index in [1.807, 2.05) is 0 Å². The maximum absolute atomic E-state index is 12.7. The average molecular weight is 254 g/mol. The van der Waals surface area contributed by atoms with Crippen molar-refractivity contribution in [2.45, 2.75) is 32.0 Å². The average Bonchev–Trinajstić information content (AvgIpc) is 3.14. The Morgan fingerprint density at radius 2 is 2.06 bits per heavy atom. The van der Waals surface area contributed by atoms with Gasteiger partial charge in [0.1, 0.15) is 17.7 Å². The minimum Gasteiger partial charge on any atom is -0.493 e. The van der Waals surface area contributed by atoms with Crippen LogP contribution in [0.5, 0.6) is 5.75 Å². The normalized spacial score (nSPS) is 23.7. The lowest BCUT2D eigenvalue weighted by Gasteiger charge is -2.12. The Bertz CT molecular complexity index is 366. The van der Waals surface area contributed by atoms with Gasteiger partial charge in [-0.15, -0.1) is 0 Å². The zero-order valence-electron chi connectivity index (χ0n) is 10.5. The van der Waals surface area contributed by atoms with Crippen LogP contribution in [-0.2, 0) is 4.74 Å². The minimum absolute atomic E-state index is 0.0511. The van der Waals surface area contributed by atoms with Crippen LogP contribution in [0, 0.1) is 11.7 Å². The number of ether oxygens (including phenoxy) is 2. The van der Waals surface area contributed by atoms with Crippen LogP contribution in [0.1, 0.15) is 19.8 Å². The summed E-state index contributed by atoms with van der Waals surface area (Å²) in [7, 11) is 0. The molecule has 3 atom stereocenters. The Hall–Kier alpha value is -1.13. The second-order valence-electron chi connectivity index (χ2n) is 4.84. The summed E-state index contributed by atoms with van der Waals surface area (Å²) in [6, 6.07) is 6.05. The summed E-state index contributed by atoms with van der Waals surface area (Å²) in [6.07, 6.45) is 2.24. The zero-order chi connectivity index (χ0) is 13.0. The van der Waals surface area contributed by atoms with Crippen LogP contribution >= 0.6 is 0 Å². The molecule has 0 aromatic heterocycles. The highest BCUT2D eigenvalue weighted by Crippen LogP contribution is 2.27. The molecule has 0 amide bonds. The van der Waals surface area contributed by atoms with E-state index in [0.717, 1.165) is 12.8 Å². The van der Waals surface area contributed by atoms with E-state index < -0.39 is 0 Å². The summed E-state index contributed by atoms with van der Waals surface area (Å²) in [5, 5.41) is 8.84. The highest BCUT2D eigenvalue weighted by molar-refractivity contribution is 5.21. The van der Waals surface area contributed by atoms with E-state index in [1.165, 1.54) is 12.1 Å². The SMILES string of the molecule is C[C@H](CC[C@@H]1O[C@H]1CO)COc1ccc(F)cc1. The topological polar surface area (TPSA) is 42.0 Å². The molecule has 1 aliphatic heterocycles. The third kappa shape index (κ3) is 3.96. The number of hydrogen-bond acceptors (Lipinski definition) is 3. The van der Waals surface area contributed by atoms with Crippen molar-refractivity contribution in [3.05, 3.63) is 30.1 Å². The van der Waals surface area contributed by atoms with Crippen molar-refractivity contribution >= 4 is 0 Å². The first kappa shape index (κ1) is 13.3. The Labute approximate surface area is 107 Å². The van der Waals surface area contributed by atoms with Gasteiger partial charge in [-0.2, -0.15) is 0 Å². The fraction of sp³-hybridized carbons (Fsp3) is 0.571. The van der Waals surface area contributed by atoms with Crippen LogP contribution in [0.15, 0.2) is 24.3 Å². The molecule has 1 aromatic rings. The highest BCUT2D eigenvalue weighted by atomic mass is 19.1. The molecule has 1 aliphatic rings. The van der Waals surface area contributed by atoms with Gasteiger partial charge in [0.15, 0.2) is 0 Å². The van der Waals surface area contributed by atoms with Crippen molar-refractivity contribution in [3.8, 4) is 5.75 Å². The number of hydrogen-bond donors (Lipinski definition) is 1. The summed E-state index contributed by atoms with van der Waals surface area (Å²) in [5.41, 5.74) is 0. The first-order chi connectivity index (χ1) is 8.69. The third-order valence-electron chi connectivity index (χ3n) is 3.16. The summed E-state index contributed by atoms with van der Waals surface area (Å²) in [5.74, 6) is 0.856. The fourth-order valence-corrected chi connectivity index (χ4v) is 1.90. The number of halogens is 1. The summed E-state index contributed by atoms with van der Waals surface area (Å²) >= 11 is 0. The van der Waals surface area contributed by atoms with Crippen molar-refractivity contribution in [1.82, 2.24) is 0 Å². The molecular weight excluding hydrogens is 235 g/mol. The van der Waals surface area contributed by atoms with Gasteiger partial charge in [0, 0.05) is 0 Å². The molecule has 0 aliphatic carbocycles. The van der Waals surface area contributed by atoms with Crippen molar-refractivity contribution < 1.29 is 19.0 Å². The number of epoxide rings is 1. The lowest BCUT2D eigenvalue weighted by atomic mass is 10.0. The van der Waals surface area contributed by atoms with Gasteiger partial charge in [0.05, 0.1) is 19.3 Å². The van der Waals surface area contributed by atoms with Gasteiger partial charge in [-0.1, -0.05) is 6.92 Å². The van der Waals surface area contributed by atoms with E-state index in [0.29, 0.717) is 18.3 Å². The first-order valence-corrected chi connectivity index (χ1v) is 6.33. The lowest BCUT2D eigenvalue weighted by Crippen LogP contribution is -2.10. The van der Waals surface area contributed by atoms with Gasteiger partial charge in [-0.3, -0.25) is 0 Å². The standard InChI is InChI=1S/C14H19FO3/c1-10(2-7-13-14(8-16)18-13)9-17-12-5-3-11(15)4-6-12/h3-6,10,13-14,16H,2,7-9H2,1H3/t10-,13+,14+/m1/s1. The predicted molar refractivity (Wildman–Crippen MR) is 66.0 cm³/mol. The van der Waals surface area contributed by atoms with Crippen LogP contribution in [0.2, 0.25) is 0 Å². The van der Waals surface area contributed by atoms with E-state index >= 15 is 0 Å². The first-order valence-electron chi connectivity index (χ1n) is 6.33. The number of benzene rings is 1. The fourth-order valence-electron chi connectivity index (χ4n) is 1.90. The molecule has 0 unspecified atom stereocenters. The molecule has 0 radical (unpaired) electrons. The smallest absolute Gasteiger partial charge is 0.123 e. The van der Waals surface area contributed by atoms with Crippen LogP contribution in [-0.4, -0.2) is 30.5 Å². The summed E-state index contributed by atoms with van der Waals surface area (Å²) in [6.45, 7) is 2.84. The molecule has 1 heterocycles. The Morgan fingerprint density at radius 1 is 1.33 bits per heavy atom. The van der Waals surface area contributed by atoms with Crippen LogP contribution < -0.4 is 4.74 Å². The van der Waals surface area contributed by atoms with Gasteiger partial charge in [-0.25, -0.2) is 4.39 Å². The quantitative estimate of drug-likeness (QED) is 0.760. The van der Waals surface area contributed by atoms with Crippen molar-refractivity contribution in [1.29, 1.82) is 0 Å². The Kier molecular flexibility index (Phi) is 4.55. The van der Waals surface area contributed by atoms with Crippen molar-refractivity contribution in [2.75, 3.05) is 13.2 Å². The van der Waals surface area contributed by atoms with E-state index in [-0.39, 0.29) is 24.6 Å². The second kappa shape index (κ2) is 6.16. The number of aliphatic hydroxyl groups excluding tert-OH is 1. The molecule has 1 aromatic carbocycles. The second-order valence-corrected chi connectivity index (χ2v) is 4.84. The van der Waals surface area contributed by atoms with Gasteiger partial charge in [0.25, 0.3) is 0 Å². The van der Waals surface area contributed by atoms with Gasteiger partial charge < -0.3 is 14.6 Å². The van der Waals surface area contributed by atoms with E-state index in [2.05, 4.69) is 6.92 Å². The molecule has 100 valence electrons. The van der Waals surface area contributed by atoms with Gasteiger partial charge in [0.2, 0.25) is 0 Å². The van der Waals surface area contributed by atoms with Crippen molar-refractivity contribution in [3.63, 3.8) is 0 Å². The molecule has 2 rings (SSSR count). The van der Waals surface area contributed by atoms with Crippen LogP contribution in [0.3, 0.4) is 0 Å². The molecular formula is C14H19FO3.